The number of H-pyrrole nitrogens is 1. The highest BCUT2D eigenvalue weighted by atomic mass is 32.2. The first-order valence-electron chi connectivity index (χ1n) is 10.8. The molecule has 1 fully saturated rings. The minimum absolute atomic E-state index is 0.0542. The van der Waals surface area contributed by atoms with Gasteiger partial charge < -0.3 is 26.2 Å². The van der Waals surface area contributed by atoms with E-state index in [9.17, 15) is 36.3 Å². The molecule has 0 spiro atoms. The Bertz CT molecular complexity index is 1400. The number of aromatic nitrogens is 2. The van der Waals surface area contributed by atoms with Crippen LogP contribution in [-0.2, 0) is 24.5 Å². The van der Waals surface area contributed by atoms with Crippen molar-refractivity contribution in [3.63, 3.8) is 0 Å². The number of halogens is 3. The van der Waals surface area contributed by atoms with Gasteiger partial charge in [-0.1, -0.05) is 17.7 Å². The number of alkyl halides is 3. The first-order chi connectivity index (χ1) is 18.4. The van der Waals surface area contributed by atoms with Crippen LogP contribution in [0, 0.1) is 12.3 Å². The number of aryl methyl sites for hydroxylation is 1. The summed E-state index contributed by atoms with van der Waals surface area (Å²) in [4.78, 5) is 40.7. The van der Waals surface area contributed by atoms with E-state index >= 15 is 0 Å². The Morgan fingerprint density at radius 2 is 1.85 bits per heavy atom. The number of amidine groups is 1. The van der Waals surface area contributed by atoms with Crippen LogP contribution >= 0.6 is 11.8 Å². The summed E-state index contributed by atoms with van der Waals surface area (Å²) in [6.07, 6.45) is -1.84. The van der Waals surface area contributed by atoms with Crippen LogP contribution in [0.3, 0.4) is 0 Å². The number of carbonyl (C=O) groups excluding carboxylic acids is 1. The molecule has 40 heavy (non-hydrogen) atoms. The molecule has 8 N–H and O–H groups in total. The van der Waals surface area contributed by atoms with E-state index in [0.29, 0.717) is 17.3 Å². The van der Waals surface area contributed by atoms with Crippen molar-refractivity contribution in [3.05, 3.63) is 53.5 Å². The average Bonchev–Trinajstić information content (AvgIpc) is 3.35. The molecule has 1 amide bonds. The number of nitrogens with two attached hydrogens (primary N) is 1. The number of fused-ring (bicyclic) bond motifs is 1. The van der Waals surface area contributed by atoms with Crippen LogP contribution in [0.4, 0.5) is 19.1 Å². The number of anilines is 1. The lowest BCUT2D eigenvalue weighted by Crippen LogP contribution is -2.67. The molecule has 2 aliphatic heterocycles. The monoisotopic (exact) mass is 608 g/mol. The fourth-order valence-corrected chi connectivity index (χ4v) is 5.08. The first-order valence-corrected chi connectivity index (χ1v) is 13.3. The number of aliphatic carboxylic acids is 2. The Morgan fingerprint density at radius 1 is 1.27 bits per heavy atom. The van der Waals surface area contributed by atoms with Crippen molar-refractivity contribution in [3.8, 4) is 0 Å². The van der Waals surface area contributed by atoms with E-state index < -0.39 is 34.3 Å². The van der Waals surface area contributed by atoms with Crippen molar-refractivity contribution in [2.45, 2.75) is 35.8 Å². The Labute approximate surface area is 228 Å². The third-order valence-electron chi connectivity index (χ3n) is 5.01. The lowest BCUT2D eigenvalue weighted by atomic mass is 10.0. The number of carboxylic acid groups (broad SMARTS) is 2. The summed E-state index contributed by atoms with van der Waals surface area (Å²) < 4.78 is 61.3. The van der Waals surface area contributed by atoms with Gasteiger partial charge in [0.25, 0.3) is 16.0 Å². The minimum atomic E-state index is -5.08. The van der Waals surface area contributed by atoms with Gasteiger partial charge in [-0.05, 0) is 24.6 Å². The summed E-state index contributed by atoms with van der Waals surface area (Å²) in [5.41, 5.74) is 6.75. The number of carbonyl (C=O) groups is 3. The maximum absolute atomic E-state index is 12.3. The minimum Gasteiger partial charge on any atom is -0.477 e. The molecule has 4 rings (SSSR count). The molecule has 1 saturated heterocycles. The quantitative estimate of drug-likeness (QED) is 0.107. The summed E-state index contributed by atoms with van der Waals surface area (Å²) in [6, 6.07) is 5.46. The topological polar surface area (TPSA) is 240 Å². The average molecular weight is 609 g/mol. The molecule has 2 atom stereocenters. The smallest absolute Gasteiger partial charge is 0.477 e. The van der Waals surface area contributed by atoms with E-state index in [2.05, 4.69) is 15.3 Å². The van der Waals surface area contributed by atoms with E-state index in [1.54, 1.807) is 24.5 Å². The van der Waals surface area contributed by atoms with Gasteiger partial charge in [0.15, 0.2) is 0 Å². The molecule has 0 bridgehead atoms. The van der Waals surface area contributed by atoms with Gasteiger partial charge in [0, 0.05) is 24.6 Å². The van der Waals surface area contributed by atoms with Gasteiger partial charge >= 0.3 is 18.1 Å². The standard InChI is InChI=1S/C12H14N6O3S.C7H8O3S.C2HF3O2/c13-6(14)3-5-4-22-10-7(17-12-15-1-2-16-12)9(19)18(10)8(5)11(20)21;1-6-2-4-7(5-3-6)11(8,9)10;3-2(4,5)1(6)7/h1-2,7,10H,3-4H2,(H3,13,14)(H,20,21)(H2,15,16,17);2-5H,1H3,(H,8,9,10);(H,6,7)/t7?,10-;;/m0../s1. The molecule has 19 heteroatoms. The number of nitrogens with one attached hydrogen (secondary N) is 3. The van der Waals surface area contributed by atoms with Crippen molar-refractivity contribution >= 4 is 51.5 Å². The lowest BCUT2D eigenvalue weighted by Gasteiger charge is -2.49. The zero-order chi connectivity index (χ0) is 30.4. The summed E-state index contributed by atoms with van der Waals surface area (Å²) in [6.45, 7) is 1.84. The SMILES string of the molecule is Cc1ccc(S(=O)(=O)O)cc1.N=C(N)CC1=C(C(=O)O)N2C(=O)C(Nc3ncc[nH]3)[C@@H]2SC1.O=C(O)C(F)(F)F. The number of nitrogens with zero attached hydrogens (tertiary/aromatic N) is 2. The predicted molar refractivity (Wildman–Crippen MR) is 135 cm³/mol. The summed E-state index contributed by atoms with van der Waals surface area (Å²) >= 11 is 1.45. The van der Waals surface area contributed by atoms with Crippen LogP contribution in [0.15, 0.2) is 52.8 Å². The van der Waals surface area contributed by atoms with Crippen molar-refractivity contribution in [1.82, 2.24) is 14.9 Å². The van der Waals surface area contributed by atoms with Crippen LogP contribution in [0.25, 0.3) is 0 Å². The molecular formula is C21H23F3N6O8S2. The van der Waals surface area contributed by atoms with Crippen LogP contribution < -0.4 is 11.1 Å². The van der Waals surface area contributed by atoms with Gasteiger partial charge in [0.2, 0.25) is 5.95 Å². The highest BCUT2D eigenvalue weighted by Crippen LogP contribution is 2.41. The molecule has 1 unspecified atom stereocenters. The van der Waals surface area contributed by atoms with E-state index in [-0.39, 0.29) is 34.1 Å². The number of carboxylic acids is 2. The van der Waals surface area contributed by atoms with Gasteiger partial charge in [-0.25, -0.2) is 14.6 Å². The number of imidazole rings is 1. The molecule has 2 aromatic rings. The van der Waals surface area contributed by atoms with E-state index in [4.69, 9.17) is 25.6 Å². The van der Waals surface area contributed by atoms with Gasteiger partial charge in [-0.15, -0.1) is 11.8 Å². The lowest BCUT2D eigenvalue weighted by molar-refractivity contribution is -0.192. The normalized spacial score (nSPS) is 18.2. The number of β-lactam (4-membered cyclic amide) rings is 1. The zero-order valence-electron chi connectivity index (χ0n) is 20.3. The van der Waals surface area contributed by atoms with Crippen molar-refractivity contribution in [2.75, 3.05) is 11.1 Å². The largest absolute Gasteiger partial charge is 0.490 e. The van der Waals surface area contributed by atoms with Crippen molar-refractivity contribution in [1.29, 1.82) is 5.41 Å². The van der Waals surface area contributed by atoms with Crippen LogP contribution in [-0.4, -0.2) is 85.1 Å². The molecule has 0 aliphatic carbocycles. The Kier molecular flexibility index (Phi) is 10.3. The Hall–Kier alpha value is -4.10. The summed E-state index contributed by atoms with van der Waals surface area (Å²) in [7, 11) is -4.02. The molecule has 3 heterocycles. The second-order valence-corrected chi connectivity index (χ2v) is 10.5. The number of rotatable bonds is 6. The maximum atomic E-state index is 12.3. The fraction of sp³-hybridized carbons (Fsp3) is 0.286. The third-order valence-corrected chi connectivity index (χ3v) is 7.21. The van der Waals surface area contributed by atoms with Gasteiger partial charge in [0.1, 0.15) is 17.1 Å². The Morgan fingerprint density at radius 3 is 2.27 bits per heavy atom. The number of aromatic amines is 1. The highest BCUT2D eigenvalue weighted by Gasteiger charge is 2.53. The molecule has 0 saturated carbocycles. The first kappa shape index (κ1) is 32.1. The predicted octanol–water partition coefficient (Wildman–Crippen LogP) is 1.65. The fourth-order valence-electron chi connectivity index (χ4n) is 3.25. The van der Waals surface area contributed by atoms with E-state index in [0.717, 1.165) is 5.56 Å². The number of benzene rings is 1. The van der Waals surface area contributed by atoms with E-state index in [1.807, 2.05) is 6.92 Å². The van der Waals surface area contributed by atoms with Crippen LogP contribution in [0.5, 0.6) is 0 Å². The molecule has 1 aromatic carbocycles. The van der Waals surface area contributed by atoms with Crippen LogP contribution in [0.2, 0.25) is 0 Å². The number of hydrogen-bond donors (Lipinski definition) is 7. The highest BCUT2D eigenvalue weighted by molar-refractivity contribution is 8.00. The van der Waals surface area contributed by atoms with Gasteiger partial charge in [-0.3, -0.25) is 19.7 Å². The van der Waals surface area contributed by atoms with Gasteiger partial charge in [0.05, 0.1) is 10.7 Å². The van der Waals surface area contributed by atoms with Gasteiger partial charge in [-0.2, -0.15) is 21.6 Å². The number of hydrogen-bond acceptors (Lipinski definition) is 9. The Balaban J connectivity index is 0.000000259. The maximum Gasteiger partial charge on any atom is 0.490 e. The zero-order valence-corrected chi connectivity index (χ0v) is 22.0. The summed E-state index contributed by atoms with van der Waals surface area (Å²) in [5, 5.41) is 26.5. The molecule has 1 aromatic heterocycles. The molecule has 2 aliphatic rings. The van der Waals surface area contributed by atoms with Crippen molar-refractivity contribution in [2.24, 2.45) is 5.73 Å². The molecular weight excluding hydrogens is 585 g/mol. The third kappa shape index (κ3) is 8.45. The molecule has 218 valence electrons. The number of amides is 1. The summed E-state index contributed by atoms with van der Waals surface area (Å²) in [5.74, 6) is -3.49. The molecule has 14 nitrogen and oxygen atoms in total. The second-order valence-electron chi connectivity index (χ2n) is 8.02. The number of thioether (sulfide) groups is 1. The molecule has 0 radical (unpaired) electrons. The van der Waals surface area contributed by atoms with Crippen LogP contribution in [0.1, 0.15) is 12.0 Å². The van der Waals surface area contributed by atoms with E-state index in [1.165, 1.54) is 28.8 Å². The van der Waals surface area contributed by atoms with Crippen molar-refractivity contribution < 1.29 is 50.7 Å². The second kappa shape index (κ2) is 12.8.